The van der Waals surface area contributed by atoms with E-state index in [2.05, 4.69) is 10.6 Å². The molecular formula is C30H44Cl4N4O7. The second kappa shape index (κ2) is 18.7. The summed E-state index contributed by atoms with van der Waals surface area (Å²) < 4.78 is 3.24. The first kappa shape index (κ1) is 40.7. The van der Waals surface area contributed by atoms with E-state index >= 15 is 0 Å². The number of aliphatic hydroxyl groups is 1. The van der Waals surface area contributed by atoms with Crippen molar-refractivity contribution in [3.63, 3.8) is 0 Å². The molecule has 0 aliphatic rings. The SMILES string of the molecule is CC[C@@H](C)[C@H](NC(=O)CN(C)C(=O)[C@@H](Cc1ccc(Cl)cc1)N(C)C(=O)[C@H](C)NC(=O)[C@H](O)CC(C)C)C(=O)OCC(Cl)(Cl)Cl. The van der Waals surface area contributed by atoms with Gasteiger partial charge in [-0.2, -0.15) is 0 Å². The van der Waals surface area contributed by atoms with Gasteiger partial charge in [0.15, 0.2) is 0 Å². The van der Waals surface area contributed by atoms with Crippen molar-refractivity contribution in [2.45, 2.75) is 81.9 Å². The first-order valence-corrected chi connectivity index (χ1v) is 16.1. The highest BCUT2D eigenvalue weighted by Crippen LogP contribution is 2.26. The monoisotopic (exact) mass is 712 g/mol. The lowest BCUT2D eigenvalue weighted by atomic mass is 9.99. The second-order valence-corrected chi connectivity index (χ2v) is 14.5. The molecule has 3 N–H and O–H groups in total. The van der Waals surface area contributed by atoms with E-state index < -0.39 is 70.8 Å². The van der Waals surface area contributed by atoms with Crippen LogP contribution in [0.1, 0.15) is 53.0 Å². The van der Waals surface area contributed by atoms with Gasteiger partial charge in [0.2, 0.25) is 27.4 Å². The van der Waals surface area contributed by atoms with Crippen molar-refractivity contribution in [3.05, 3.63) is 34.9 Å². The average molecular weight is 715 g/mol. The van der Waals surface area contributed by atoms with Gasteiger partial charge in [0, 0.05) is 25.5 Å². The van der Waals surface area contributed by atoms with Crippen LogP contribution in [0.4, 0.5) is 0 Å². The molecular weight excluding hydrogens is 670 g/mol. The zero-order valence-electron chi connectivity index (χ0n) is 26.6. The molecule has 0 heterocycles. The van der Waals surface area contributed by atoms with E-state index in [-0.39, 0.29) is 24.7 Å². The molecule has 0 saturated carbocycles. The molecule has 0 aromatic heterocycles. The number of likely N-dealkylation sites (N-methyl/N-ethyl adjacent to an activating group) is 2. The number of esters is 1. The summed E-state index contributed by atoms with van der Waals surface area (Å²) in [5.41, 5.74) is 0.688. The number of hydrogen-bond donors (Lipinski definition) is 3. The Bertz CT molecular complexity index is 1160. The van der Waals surface area contributed by atoms with Crippen LogP contribution >= 0.6 is 46.4 Å². The Morgan fingerprint density at radius 1 is 0.956 bits per heavy atom. The summed E-state index contributed by atoms with van der Waals surface area (Å²) >= 11 is 23.1. The molecule has 0 aliphatic heterocycles. The maximum absolute atomic E-state index is 13.8. The number of carbonyl (C=O) groups excluding carboxylic acids is 5. The lowest BCUT2D eigenvalue weighted by Gasteiger charge is -2.33. The Labute approximate surface area is 285 Å². The number of aliphatic hydroxyl groups excluding tert-OH is 1. The van der Waals surface area contributed by atoms with E-state index in [1.54, 1.807) is 31.2 Å². The lowest BCUT2D eigenvalue weighted by Crippen LogP contribution is -2.56. The minimum Gasteiger partial charge on any atom is -0.460 e. The average Bonchev–Trinajstić information content (AvgIpc) is 2.95. The molecule has 0 radical (unpaired) electrons. The van der Waals surface area contributed by atoms with E-state index in [9.17, 15) is 29.1 Å². The Morgan fingerprint density at radius 2 is 1.53 bits per heavy atom. The third-order valence-corrected chi connectivity index (χ3v) is 7.67. The number of nitrogens with one attached hydrogen (secondary N) is 2. The predicted octanol–water partition coefficient (Wildman–Crippen LogP) is 3.52. The van der Waals surface area contributed by atoms with Crippen LogP contribution in [0.25, 0.3) is 0 Å². The quantitative estimate of drug-likeness (QED) is 0.176. The van der Waals surface area contributed by atoms with Gasteiger partial charge in [0.05, 0.1) is 6.54 Å². The summed E-state index contributed by atoms with van der Waals surface area (Å²) in [6.07, 6.45) is -0.488. The number of carbonyl (C=O) groups is 5. The van der Waals surface area contributed by atoms with Gasteiger partial charge in [-0.3, -0.25) is 19.2 Å². The van der Waals surface area contributed by atoms with Crippen LogP contribution in [0.2, 0.25) is 5.02 Å². The number of benzene rings is 1. The maximum Gasteiger partial charge on any atom is 0.329 e. The van der Waals surface area contributed by atoms with Crippen molar-refractivity contribution in [2.24, 2.45) is 11.8 Å². The number of alkyl halides is 3. The zero-order valence-corrected chi connectivity index (χ0v) is 29.6. The van der Waals surface area contributed by atoms with E-state index in [1.807, 2.05) is 20.8 Å². The fourth-order valence-electron chi connectivity index (χ4n) is 4.30. The molecule has 0 spiro atoms. The summed E-state index contributed by atoms with van der Waals surface area (Å²) in [4.78, 5) is 67.7. The molecule has 1 aromatic carbocycles. The Hall–Kier alpha value is -2.31. The van der Waals surface area contributed by atoms with Gasteiger partial charge in [-0.1, -0.05) is 92.7 Å². The van der Waals surface area contributed by atoms with Crippen LogP contribution in [0.5, 0.6) is 0 Å². The van der Waals surface area contributed by atoms with Crippen molar-refractivity contribution in [2.75, 3.05) is 27.2 Å². The van der Waals surface area contributed by atoms with Crippen molar-refractivity contribution in [1.29, 1.82) is 0 Å². The Balaban J connectivity index is 3.14. The number of halogens is 4. The van der Waals surface area contributed by atoms with Crippen LogP contribution in [0, 0.1) is 11.8 Å². The number of ether oxygens (including phenoxy) is 1. The molecule has 4 amide bonds. The number of rotatable bonds is 16. The highest BCUT2D eigenvalue weighted by molar-refractivity contribution is 6.67. The van der Waals surface area contributed by atoms with Crippen molar-refractivity contribution >= 4 is 76.0 Å². The van der Waals surface area contributed by atoms with Crippen molar-refractivity contribution < 1.29 is 33.8 Å². The third-order valence-electron chi connectivity index (χ3n) is 7.09. The highest BCUT2D eigenvalue weighted by Gasteiger charge is 2.35. The van der Waals surface area contributed by atoms with E-state index in [0.29, 0.717) is 17.0 Å². The van der Waals surface area contributed by atoms with Crippen LogP contribution in [-0.2, 0) is 35.1 Å². The molecule has 254 valence electrons. The first-order chi connectivity index (χ1) is 20.8. The van der Waals surface area contributed by atoms with Crippen LogP contribution in [0.3, 0.4) is 0 Å². The van der Waals surface area contributed by atoms with Gasteiger partial charge in [0.1, 0.15) is 30.8 Å². The molecule has 15 heteroatoms. The smallest absolute Gasteiger partial charge is 0.329 e. The molecule has 1 rings (SSSR count). The molecule has 5 atom stereocenters. The summed E-state index contributed by atoms with van der Waals surface area (Å²) in [7, 11) is 2.81. The van der Waals surface area contributed by atoms with Gasteiger partial charge in [-0.05, 0) is 42.9 Å². The van der Waals surface area contributed by atoms with Gasteiger partial charge >= 0.3 is 5.97 Å². The third kappa shape index (κ3) is 14.3. The van der Waals surface area contributed by atoms with Gasteiger partial charge in [-0.15, -0.1) is 0 Å². The number of hydrogen-bond acceptors (Lipinski definition) is 7. The molecule has 0 saturated heterocycles. The molecule has 0 fully saturated rings. The molecule has 0 bridgehead atoms. The normalized spacial score (nSPS) is 14.9. The molecule has 11 nitrogen and oxygen atoms in total. The van der Waals surface area contributed by atoms with Crippen LogP contribution in [-0.4, -0.2) is 99.8 Å². The van der Waals surface area contributed by atoms with Crippen molar-refractivity contribution in [1.82, 2.24) is 20.4 Å². The van der Waals surface area contributed by atoms with Crippen LogP contribution < -0.4 is 10.6 Å². The predicted molar refractivity (Wildman–Crippen MR) is 175 cm³/mol. The minimum atomic E-state index is -1.83. The fraction of sp³-hybridized carbons (Fsp3) is 0.633. The van der Waals surface area contributed by atoms with E-state index in [0.717, 1.165) is 4.90 Å². The van der Waals surface area contributed by atoms with Gasteiger partial charge in [0.25, 0.3) is 0 Å². The number of amides is 4. The fourth-order valence-corrected chi connectivity index (χ4v) is 4.59. The molecule has 1 aromatic rings. The minimum absolute atomic E-state index is 0.0565. The van der Waals surface area contributed by atoms with E-state index in [4.69, 9.17) is 51.1 Å². The summed E-state index contributed by atoms with van der Waals surface area (Å²) in [6.45, 7) is 7.76. The van der Waals surface area contributed by atoms with Gasteiger partial charge < -0.3 is 30.3 Å². The largest absolute Gasteiger partial charge is 0.460 e. The highest BCUT2D eigenvalue weighted by atomic mass is 35.6. The Morgan fingerprint density at radius 3 is 2.04 bits per heavy atom. The topological polar surface area (TPSA) is 145 Å². The van der Waals surface area contributed by atoms with Crippen LogP contribution in [0.15, 0.2) is 24.3 Å². The standard InChI is InChI=1S/C30H44Cl4N4O7/c1-8-18(4)25(29(44)45-16-30(32,33)34)36-24(40)15-37(6)28(43)22(14-20-9-11-21(31)12-10-20)38(7)27(42)19(5)35-26(41)23(39)13-17(2)3/h9-12,17-19,22-23,25,39H,8,13-16H2,1-7H3,(H,35,41)(H,36,40)/t18-,19+,22-,23-,25+/m1/s1. The molecule has 0 aliphatic carbocycles. The maximum atomic E-state index is 13.8. The summed E-state index contributed by atoms with van der Waals surface area (Å²) in [6, 6.07) is 3.49. The summed E-state index contributed by atoms with van der Waals surface area (Å²) in [5.74, 6) is -3.59. The second-order valence-electron chi connectivity index (χ2n) is 11.5. The number of nitrogens with zero attached hydrogens (tertiary/aromatic N) is 2. The molecule has 0 unspecified atom stereocenters. The Kier molecular flexibility index (Phi) is 17.0. The zero-order chi connectivity index (χ0) is 34.6. The van der Waals surface area contributed by atoms with Gasteiger partial charge in [-0.25, -0.2) is 4.79 Å². The lowest BCUT2D eigenvalue weighted by molar-refractivity contribution is -0.150. The van der Waals surface area contributed by atoms with Crippen molar-refractivity contribution in [3.8, 4) is 0 Å². The van der Waals surface area contributed by atoms with E-state index in [1.165, 1.54) is 25.9 Å². The summed E-state index contributed by atoms with van der Waals surface area (Å²) in [5, 5.41) is 15.7. The molecule has 45 heavy (non-hydrogen) atoms. The first-order valence-electron chi connectivity index (χ1n) is 14.5.